The standard InChI is InChI=1S/C19H15ClN4OS/c1-11-16(18(25)23-13-7-5-12(20)6-8-13)26-19(22-11)15-10-24(2)17-14(15)4-3-9-21-17/h3-10H,1-2H3,(H,23,25). The van der Waals surface area contributed by atoms with E-state index in [1.807, 2.05) is 36.9 Å². The molecule has 0 aliphatic heterocycles. The number of nitrogens with one attached hydrogen (secondary N) is 1. The van der Waals surface area contributed by atoms with E-state index < -0.39 is 0 Å². The molecule has 130 valence electrons. The smallest absolute Gasteiger partial charge is 0.267 e. The Hall–Kier alpha value is -2.70. The van der Waals surface area contributed by atoms with E-state index in [0.29, 0.717) is 21.3 Å². The van der Waals surface area contributed by atoms with Crippen molar-refractivity contribution >= 4 is 45.6 Å². The van der Waals surface area contributed by atoms with Gasteiger partial charge in [0, 0.05) is 41.1 Å². The number of fused-ring (bicyclic) bond motifs is 1. The molecule has 0 atom stereocenters. The third kappa shape index (κ3) is 2.98. The van der Waals surface area contributed by atoms with Gasteiger partial charge in [-0.2, -0.15) is 0 Å². The molecule has 7 heteroatoms. The van der Waals surface area contributed by atoms with Crippen molar-refractivity contribution in [3.63, 3.8) is 0 Å². The lowest BCUT2D eigenvalue weighted by molar-refractivity contribution is 0.103. The van der Waals surface area contributed by atoms with Crippen LogP contribution in [0.1, 0.15) is 15.4 Å². The molecule has 1 aromatic carbocycles. The number of carbonyl (C=O) groups is 1. The highest BCUT2D eigenvalue weighted by atomic mass is 35.5. The van der Waals surface area contributed by atoms with E-state index in [0.717, 1.165) is 21.6 Å². The Bertz CT molecular complexity index is 1110. The number of hydrogen-bond donors (Lipinski definition) is 1. The predicted molar refractivity (Wildman–Crippen MR) is 106 cm³/mol. The second kappa shape index (κ2) is 6.55. The van der Waals surface area contributed by atoms with Gasteiger partial charge in [0.1, 0.15) is 15.5 Å². The predicted octanol–water partition coefficient (Wildman–Crippen LogP) is 4.91. The van der Waals surface area contributed by atoms with Crippen molar-refractivity contribution in [1.29, 1.82) is 0 Å². The zero-order chi connectivity index (χ0) is 18.3. The summed E-state index contributed by atoms with van der Waals surface area (Å²) in [6, 6.07) is 10.9. The summed E-state index contributed by atoms with van der Waals surface area (Å²) in [6.45, 7) is 1.85. The fourth-order valence-electron chi connectivity index (χ4n) is 2.83. The first-order valence-corrected chi connectivity index (χ1v) is 9.17. The fourth-order valence-corrected chi connectivity index (χ4v) is 3.94. The fraction of sp³-hybridized carbons (Fsp3) is 0.105. The summed E-state index contributed by atoms with van der Waals surface area (Å²) in [6.07, 6.45) is 3.76. The summed E-state index contributed by atoms with van der Waals surface area (Å²) < 4.78 is 1.97. The van der Waals surface area contributed by atoms with Gasteiger partial charge in [0.2, 0.25) is 0 Å². The lowest BCUT2D eigenvalue weighted by atomic mass is 10.2. The van der Waals surface area contributed by atoms with Crippen molar-refractivity contribution in [3.8, 4) is 10.6 Å². The van der Waals surface area contributed by atoms with Gasteiger partial charge in [0.15, 0.2) is 0 Å². The normalized spacial score (nSPS) is 11.0. The first-order chi connectivity index (χ1) is 12.5. The van der Waals surface area contributed by atoms with E-state index >= 15 is 0 Å². The summed E-state index contributed by atoms with van der Waals surface area (Å²) in [4.78, 5) is 22.3. The lowest BCUT2D eigenvalue weighted by Crippen LogP contribution is -2.11. The molecule has 0 bridgehead atoms. The number of carbonyl (C=O) groups excluding carboxylic acids is 1. The number of aromatic nitrogens is 3. The summed E-state index contributed by atoms with van der Waals surface area (Å²) in [5.74, 6) is -0.174. The molecular formula is C19H15ClN4OS. The number of rotatable bonds is 3. The summed E-state index contributed by atoms with van der Waals surface area (Å²) in [5.41, 5.74) is 3.28. The first-order valence-electron chi connectivity index (χ1n) is 7.97. The van der Waals surface area contributed by atoms with Gasteiger partial charge in [-0.05, 0) is 43.3 Å². The molecule has 26 heavy (non-hydrogen) atoms. The van der Waals surface area contributed by atoms with Crippen molar-refractivity contribution in [1.82, 2.24) is 14.5 Å². The first kappa shape index (κ1) is 16.8. The molecule has 3 heterocycles. The number of halogens is 1. The highest BCUT2D eigenvalue weighted by Crippen LogP contribution is 2.34. The van der Waals surface area contributed by atoms with E-state index in [1.165, 1.54) is 11.3 Å². The van der Waals surface area contributed by atoms with Crippen molar-refractivity contribution < 1.29 is 4.79 Å². The minimum Gasteiger partial charge on any atom is -0.335 e. The number of benzene rings is 1. The van der Waals surface area contributed by atoms with Gasteiger partial charge in [0.25, 0.3) is 5.91 Å². The van der Waals surface area contributed by atoms with E-state index in [2.05, 4.69) is 15.3 Å². The summed E-state index contributed by atoms with van der Waals surface area (Å²) >= 11 is 7.26. The molecular weight excluding hydrogens is 368 g/mol. The van der Waals surface area contributed by atoms with Gasteiger partial charge in [0.05, 0.1) is 5.69 Å². The second-order valence-corrected chi connectivity index (χ2v) is 7.36. The van der Waals surface area contributed by atoms with Crippen LogP contribution in [0.15, 0.2) is 48.8 Å². The Morgan fingerprint density at radius 1 is 1.23 bits per heavy atom. The lowest BCUT2D eigenvalue weighted by Gasteiger charge is -2.03. The Labute approximate surface area is 159 Å². The van der Waals surface area contributed by atoms with Crippen molar-refractivity contribution in [3.05, 3.63) is 64.4 Å². The summed E-state index contributed by atoms with van der Waals surface area (Å²) in [5, 5.41) is 5.35. The molecule has 0 spiro atoms. The molecule has 4 aromatic rings. The van der Waals surface area contributed by atoms with Crippen LogP contribution < -0.4 is 5.32 Å². The highest BCUT2D eigenvalue weighted by molar-refractivity contribution is 7.17. The monoisotopic (exact) mass is 382 g/mol. The Morgan fingerprint density at radius 3 is 2.77 bits per heavy atom. The van der Waals surface area contributed by atoms with Crippen molar-refractivity contribution in [2.75, 3.05) is 5.32 Å². The minimum atomic E-state index is -0.174. The second-order valence-electron chi connectivity index (χ2n) is 5.92. The molecule has 0 aliphatic rings. The molecule has 0 radical (unpaired) electrons. The van der Waals surface area contributed by atoms with Gasteiger partial charge in [-0.25, -0.2) is 9.97 Å². The molecule has 0 saturated heterocycles. The zero-order valence-electron chi connectivity index (χ0n) is 14.2. The van der Waals surface area contributed by atoms with Crippen LogP contribution >= 0.6 is 22.9 Å². The van der Waals surface area contributed by atoms with E-state index in [1.54, 1.807) is 30.5 Å². The van der Waals surface area contributed by atoms with Crippen LogP contribution in [-0.2, 0) is 7.05 Å². The number of aryl methyl sites for hydroxylation is 2. The SMILES string of the molecule is Cc1nc(-c2cn(C)c3ncccc23)sc1C(=O)Nc1ccc(Cl)cc1. The van der Waals surface area contributed by atoms with E-state index in [9.17, 15) is 4.79 Å². The van der Waals surface area contributed by atoms with Crippen LogP contribution in [0.4, 0.5) is 5.69 Å². The number of amides is 1. The van der Waals surface area contributed by atoms with Crippen LogP contribution in [0, 0.1) is 6.92 Å². The molecule has 0 fully saturated rings. The number of pyridine rings is 1. The average molecular weight is 383 g/mol. The van der Waals surface area contributed by atoms with E-state index in [-0.39, 0.29) is 5.91 Å². The average Bonchev–Trinajstić information content (AvgIpc) is 3.18. The number of hydrogen-bond acceptors (Lipinski definition) is 4. The van der Waals surface area contributed by atoms with Crippen molar-refractivity contribution in [2.24, 2.45) is 7.05 Å². The van der Waals surface area contributed by atoms with Gasteiger partial charge < -0.3 is 9.88 Å². The van der Waals surface area contributed by atoms with Crippen LogP contribution in [0.2, 0.25) is 5.02 Å². The molecule has 5 nitrogen and oxygen atoms in total. The Balaban J connectivity index is 1.68. The van der Waals surface area contributed by atoms with Gasteiger partial charge in [-0.3, -0.25) is 4.79 Å². The van der Waals surface area contributed by atoms with E-state index in [4.69, 9.17) is 11.6 Å². The largest absolute Gasteiger partial charge is 0.335 e. The van der Waals surface area contributed by atoms with Gasteiger partial charge >= 0.3 is 0 Å². The van der Waals surface area contributed by atoms with Gasteiger partial charge in [-0.1, -0.05) is 11.6 Å². The topological polar surface area (TPSA) is 59.8 Å². The van der Waals surface area contributed by atoms with Crippen LogP contribution in [0.3, 0.4) is 0 Å². The van der Waals surface area contributed by atoms with Crippen LogP contribution in [0.25, 0.3) is 21.6 Å². The third-order valence-corrected chi connectivity index (χ3v) is 5.51. The third-order valence-electron chi connectivity index (χ3n) is 4.07. The molecule has 4 rings (SSSR count). The van der Waals surface area contributed by atoms with Crippen LogP contribution in [-0.4, -0.2) is 20.4 Å². The zero-order valence-corrected chi connectivity index (χ0v) is 15.7. The number of nitrogens with zero attached hydrogens (tertiary/aromatic N) is 3. The Morgan fingerprint density at radius 2 is 2.00 bits per heavy atom. The maximum Gasteiger partial charge on any atom is 0.267 e. The maximum absolute atomic E-state index is 12.6. The molecule has 0 aliphatic carbocycles. The Kier molecular flexibility index (Phi) is 4.22. The molecule has 0 saturated carbocycles. The van der Waals surface area contributed by atoms with Gasteiger partial charge in [-0.15, -0.1) is 11.3 Å². The van der Waals surface area contributed by atoms with Crippen LogP contribution in [0.5, 0.6) is 0 Å². The maximum atomic E-state index is 12.6. The van der Waals surface area contributed by atoms with Crippen molar-refractivity contribution in [2.45, 2.75) is 6.92 Å². The molecule has 1 amide bonds. The highest BCUT2D eigenvalue weighted by Gasteiger charge is 2.19. The minimum absolute atomic E-state index is 0.174. The molecule has 1 N–H and O–H groups in total. The molecule has 3 aromatic heterocycles. The number of anilines is 1. The number of thiazole rings is 1. The quantitative estimate of drug-likeness (QED) is 0.547. The summed E-state index contributed by atoms with van der Waals surface area (Å²) in [7, 11) is 1.95. The molecule has 0 unspecified atom stereocenters.